The van der Waals surface area contributed by atoms with Gasteiger partial charge in [0.15, 0.2) is 0 Å². The Balaban J connectivity index is 3.10. The molecule has 0 radical (unpaired) electrons. The topological polar surface area (TPSA) is 69.6 Å². The molecule has 1 atom stereocenters. The third kappa shape index (κ3) is 3.14. The van der Waals surface area contributed by atoms with Crippen molar-refractivity contribution in [1.29, 1.82) is 0 Å². The lowest BCUT2D eigenvalue weighted by Gasteiger charge is -2.18. The van der Waals surface area contributed by atoms with E-state index in [0.717, 1.165) is 22.3 Å². The third-order valence-electron chi connectivity index (χ3n) is 3.94. The van der Waals surface area contributed by atoms with Gasteiger partial charge in [-0.05, 0) is 62.4 Å². The second-order valence-corrected chi connectivity index (χ2v) is 5.05. The van der Waals surface area contributed by atoms with Crippen LogP contribution >= 0.6 is 0 Å². The maximum absolute atomic E-state index is 12.2. The summed E-state index contributed by atoms with van der Waals surface area (Å²) in [4.78, 5) is 12.2. The molecule has 1 aromatic rings. The molecule has 0 aliphatic heterocycles. The van der Waals surface area contributed by atoms with Crippen LogP contribution in [0.1, 0.15) is 38.2 Å². The highest BCUT2D eigenvalue weighted by atomic mass is 16.3. The highest BCUT2D eigenvalue weighted by Crippen LogP contribution is 2.25. The van der Waals surface area contributed by atoms with Gasteiger partial charge in [-0.15, -0.1) is 0 Å². The maximum atomic E-state index is 12.2. The van der Waals surface area contributed by atoms with Crippen LogP contribution in [0.4, 0.5) is 0 Å². The Morgan fingerprint density at radius 3 is 1.84 bits per heavy atom. The molecular weight excluding hydrogens is 242 g/mol. The van der Waals surface area contributed by atoms with Crippen molar-refractivity contribution in [2.75, 3.05) is 13.2 Å². The van der Waals surface area contributed by atoms with Crippen LogP contribution in [0, 0.1) is 34.6 Å². The van der Waals surface area contributed by atoms with Gasteiger partial charge in [0, 0.05) is 12.1 Å². The second-order valence-electron chi connectivity index (χ2n) is 5.05. The molecule has 0 bridgehead atoms. The lowest BCUT2D eigenvalue weighted by atomic mass is 9.89. The summed E-state index contributed by atoms with van der Waals surface area (Å²) < 4.78 is 0. The third-order valence-corrected chi connectivity index (χ3v) is 3.94. The van der Waals surface area contributed by atoms with E-state index in [9.17, 15) is 9.90 Å². The molecule has 0 saturated carbocycles. The van der Waals surface area contributed by atoms with Crippen molar-refractivity contribution in [2.45, 2.75) is 40.7 Å². The molecule has 0 aliphatic carbocycles. The van der Waals surface area contributed by atoms with Crippen molar-refractivity contribution >= 4 is 5.91 Å². The molecule has 1 rings (SSSR count). The summed E-state index contributed by atoms with van der Waals surface area (Å²) in [6, 6.07) is 0. The first-order valence-corrected chi connectivity index (χ1v) is 6.45. The fourth-order valence-electron chi connectivity index (χ4n) is 2.20. The minimum absolute atomic E-state index is 0.0557. The van der Waals surface area contributed by atoms with Crippen molar-refractivity contribution in [2.24, 2.45) is 0 Å². The second kappa shape index (κ2) is 6.17. The molecule has 1 unspecified atom stereocenters. The van der Waals surface area contributed by atoms with Gasteiger partial charge in [0.1, 0.15) is 0 Å². The highest BCUT2D eigenvalue weighted by Gasteiger charge is 2.18. The number of aliphatic hydroxyl groups is 2. The monoisotopic (exact) mass is 265 g/mol. The predicted octanol–water partition coefficient (Wildman–Crippen LogP) is 1.31. The maximum Gasteiger partial charge on any atom is 0.251 e. The van der Waals surface area contributed by atoms with Crippen molar-refractivity contribution in [3.8, 4) is 0 Å². The molecule has 4 nitrogen and oxygen atoms in total. The standard InChI is InChI=1S/C15H23NO3/c1-8-9(2)11(4)14(12(5)10(8)3)15(19)16-6-13(18)7-17/h13,17-18H,6-7H2,1-5H3,(H,16,19). The molecule has 0 aromatic heterocycles. The van der Waals surface area contributed by atoms with E-state index in [4.69, 9.17) is 5.11 Å². The molecule has 1 amide bonds. The van der Waals surface area contributed by atoms with Crippen LogP contribution in [0.2, 0.25) is 0 Å². The number of nitrogens with one attached hydrogen (secondary N) is 1. The van der Waals surface area contributed by atoms with Gasteiger partial charge in [-0.3, -0.25) is 4.79 Å². The van der Waals surface area contributed by atoms with Crippen LogP contribution in [-0.4, -0.2) is 35.4 Å². The van der Waals surface area contributed by atoms with Crippen molar-refractivity contribution in [3.05, 3.63) is 33.4 Å². The fourth-order valence-corrected chi connectivity index (χ4v) is 2.20. The summed E-state index contributed by atoms with van der Waals surface area (Å²) in [5.74, 6) is -0.200. The minimum atomic E-state index is -0.919. The molecule has 3 N–H and O–H groups in total. The summed E-state index contributed by atoms with van der Waals surface area (Å²) in [6.45, 7) is 9.65. The normalized spacial score (nSPS) is 12.4. The largest absolute Gasteiger partial charge is 0.394 e. The van der Waals surface area contributed by atoms with Crippen LogP contribution in [0.3, 0.4) is 0 Å². The van der Waals surface area contributed by atoms with Gasteiger partial charge in [0.05, 0.1) is 12.7 Å². The Hall–Kier alpha value is -1.39. The quantitative estimate of drug-likeness (QED) is 0.769. The van der Waals surface area contributed by atoms with Gasteiger partial charge < -0.3 is 15.5 Å². The summed E-state index contributed by atoms with van der Waals surface area (Å²) in [6.07, 6.45) is -0.919. The number of benzene rings is 1. The Morgan fingerprint density at radius 2 is 1.42 bits per heavy atom. The molecule has 0 aliphatic rings. The number of carbonyl (C=O) groups is 1. The Labute approximate surface area is 114 Å². The zero-order valence-electron chi connectivity index (χ0n) is 12.3. The van der Waals surface area contributed by atoms with Gasteiger partial charge >= 0.3 is 0 Å². The number of rotatable bonds is 4. The Kier molecular flexibility index (Phi) is 5.09. The number of carbonyl (C=O) groups excluding carboxylic acids is 1. The van der Waals surface area contributed by atoms with E-state index < -0.39 is 6.10 Å². The average molecular weight is 265 g/mol. The lowest BCUT2D eigenvalue weighted by Crippen LogP contribution is -2.34. The first-order valence-electron chi connectivity index (χ1n) is 6.45. The van der Waals surface area contributed by atoms with Crippen LogP contribution in [0.25, 0.3) is 0 Å². The minimum Gasteiger partial charge on any atom is -0.394 e. The van der Waals surface area contributed by atoms with Crippen LogP contribution in [0.15, 0.2) is 0 Å². The molecule has 0 fully saturated rings. The molecule has 0 spiro atoms. The first-order chi connectivity index (χ1) is 8.81. The number of aliphatic hydroxyl groups excluding tert-OH is 2. The number of hydrogen-bond donors (Lipinski definition) is 3. The zero-order chi connectivity index (χ0) is 14.7. The molecule has 19 heavy (non-hydrogen) atoms. The van der Waals surface area contributed by atoms with Crippen molar-refractivity contribution < 1.29 is 15.0 Å². The van der Waals surface area contributed by atoms with E-state index >= 15 is 0 Å². The summed E-state index contributed by atoms with van der Waals surface area (Å²) in [7, 11) is 0. The molecule has 0 heterocycles. The summed E-state index contributed by atoms with van der Waals surface area (Å²) in [5, 5.41) is 20.7. The van der Waals surface area contributed by atoms with Gasteiger partial charge in [-0.2, -0.15) is 0 Å². The van der Waals surface area contributed by atoms with E-state index in [0.29, 0.717) is 5.56 Å². The highest BCUT2D eigenvalue weighted by molar-refractivity contribution is 5.98. The van der Waals surface area contributed by atoms with Gasteiger partial charge in [-0.25, -0.2) is 0 Å². The number of amides is 1. The van der Waals surface area contributed by atoms with E-state index in [2.05, 4.69) is 12.2 Å². The average Bonchev–Trinajstić information content (AvgIpc) is 2.40. The van der Waals surface area contributed by atoms with Crippen LogP contribution < -0.4 is 5.32 Å². The van der Waals surface area contributed by atoms with Crippen molar-refractivity contribution in [3.63, 3.8) is 0 Å². The lowest BCUT2D eigenvalue weighted by molar-refractivity contribution is 0.0801. The van der Waals surface area contributed by atoms with E-state index in [1.807, 2.05) is 27.7 Å². The Bertz CT molecular complexity index is 466. The van der Waals surface area contributed by atoms with Gasteiger partial charge in [-0.1, -0.05) is 0 Å². The van der Waals surface area contributed by atoms with Gasteiger partial charge in [0.2, 0.25) is 0 Å². The van der Waals surface area contributed by atoms with Crippen molar-refractivity contribution in [1.82, 2.24) is 5.32 Å². The van der Waals surface area contributed by atoms with E-state index in [-0.39, 0.29) is 19.1 Å². The smallest absolute Gasteiger partial charge is 0.251 e. The van der Waals surface area contributed by atoms with Gasteiger partial charge in [0.25, 0.3) is 5.91 Å². The molecule has 1 aromatic carbocycles. The predicted molar refractivity (Wildman–Crippen MR) is 75.6 cm³/mol. The molecule has 106 valence electrons. The summed E-state index contributed by atoms with van der Waals surface area (Å²) >= 11 is 0. The molecular formula is C15H23NO3. The molecule has 4 heteroatoms. The SMILES string of the molecule is Cc1c(C)c(C)c(C(=O)NCC(O)CO)c(C)c1C. The van der Waals surface area contributed by atoms with E-state index in [1.54, 1.807) is 0 Å². The Morgan fingerprint density at radius 1 is 1.00 bits per heavy atom. The first kappa shape index (κ1) is 15.7. The zero-order valence-corrected chi connectivity index (χ0v) is 12.3. The van der Waals surface area contributed by atoms with Crippen LogP contribution in [0.5, 0.6) is 0 Å². The fraction of sp³-hybridized carbons (Fsp3) is 0.533. The number of hydrogen-bond acceptors (Lipinski definition) is 3. The van der Waals surface area contributed by atoms with E-state index in [1.165, 1.54) is 5.56 Å². The molecule has 0 saturated heterocycles. The van der Waals surface area contributed by atoms with Crippen LogP contribution in [-0.2, 0) is 0 Å². The summed E-state index contributed by atoms with van der Waals surface area (Å²) in [5.41, 5.74) is 6.06.